The maximum Gasteiger partial charge on any atom is 0.569 e. The smallest absolute Gasteiger partial charge is 0.537 e. The Kier molecular flexibility index (Phi) is 11.3. The number of allylic oxidation sites excluding steroid dienone is 4. The van der Waals surface area contributed by atoms with Gasteiger partial charge < -0.3 is 9.68 Å². The maximum absolute atomic E-state index is 12.6. The molecule has 1 N–H and O–H groups in total. The number of hydrogen-bond donors (Lipinski definition) is 1. The Hall–Kier alpha value is -2.11. The summed E-state index contributed by atoms with van der Waals surface area (Å²) in [6.07, 6.45) is 16.0. The summed E-state index contributed by atoms with van der Waals surface area (Å²) in [7, 11) is 0.549. The first-order chi connectivity index (χ1) is 14.6. The van der Waals surface area contributed by atoms with Crippen LogP contribution in [0.4, 0.5) is 8.78 Å². The number of alkyl halides is 1. The van der Waals surface area contributed by atoms with E-state index in [4.69, 9.17) is 16.6 Å². The van der Waals surface area contributed by atoms with E-state index in [0.29, 0.717) is 24.7 Å². The molecule has 0 spiro atoms. The minimum absolute atomic E-state index is 0.150. The van der Waals surface area contributed by atoms with E-state index >= 15 is 0 Å². The molecule has 2 nitrogen and oxygen atoms in total. The van der Waals surface area contributed by atoms with Crippen LogP contribution in [0.1, 0.15) is 50.0 Å². The molecule has 0 aromatic heterocycles. The summed E-state index contributed by atoms with van der Waals surface area (Å²) in [4.78, 5) is 0. The minimum Gasteiger partial charge on any atom is -0.537 e. The Morgan fingerprint density at radius 1 is 0.833 bits per heavy atom. The molecule has 0 aliphatic heterocycles. The molecule has 0 saturated carbocycles. The largest absolute Gasteiger partial charge is 0.569 e. The second-order valence-corrected chi connectivity index (χ2v) is 7.63. The van der Waals surface area contributed by atoms with Gasteiger partial charge in [0.25, 0.3) is 0 Å². The highest BCUT2D eigenvalue weighted by atomic mass is 35.5. The minimum atomic E-state index is -0.328. The Labute approximate surface area is 183 Å². The summed E-state index contributed by atoms with van der Waals surface area (Å²) in [5, 5.41) is 8.48. The molecule has 0 amide bonds. The maximum atomic E-state index is 12.6. The topological polar surface area (TPSA) is 29.5 Å². The van der Waals surface area contributed by atoms with E-state index in [9.17, 15) is 8.78 Å². The lowest BCUT2D eigenvalue weighted by Crippen LogP contribution is -1.99. The van der Waals surface area contributed by atoms with Crippen LogP contribution in [0.2, 0.25) is 0 Å². The van der Waals surface area contributed by atoms with Gasteiger partial charge in [-0.2, -0.15) is 0 Å². The highest BCUT2D eigenvalue weighted by Crippen LogP contribution is 2.27. The number of hydrogen-bond acceptors (Lipinski definition) is 2. The van der Waals surface area contributed by atoms with E-state index < -0.39 is 0 Å². The van der Waals surface area contributed by atoms with Crippen LogP contribution in [0.3, 0.4) is 0 Å². The van der Waals surface area contributed by atoms with Crippen molar-refractivity contribution < 1.29 is 18.5 Å². The number of benzene rings is 2. The number of rotatable bonds is 3. The van der Waals surface area contributed by atoms with Gasteiger partial charge in [0.05, 0.1) is 5.38 Å². The van der Waals surface area contributed by atoms with Gasteiger partial charge in [0.1, 0.15) is 17.4 Å². The van der Waals surface area contributed by atoms with Crippen molar-refractivity contribution in [2.75, 3.05) is 0 Å². The van der Waals surface area contributed by atoms with Crippen molar-refractivity contribution in [3.05, 3.63) is 90.0 Å². The van der Waals surface area contributed by atoms with Gasteiger partial charge in [-0.25, -0.2) is 8.78 Å². The van der Waals surface area contributed by atoms with Gasteiger partial charge in [0, 0.05) is 5.92 Å². The molecule has 0 saturated heterocycles. The highest BCUT2D eigenvalue weighted by molar-refractivity contribution is 6.21. The summed E-state index contributed by atoms with van der Waals surface area (Å²) in [6.45, 7) is 0. The Bertz CT molecular complexity index is 779. The van der Waals surface area contributed by atoms with Gasteiger partial charge in [0.2, 0.25) is 0 Å². The summed E-state index contributed by atoms with van der Waals surface area (Å²) in [6, 6.07) is 12.2. The zero-order valence-electron chi connectivity index (χ0n) is 16.9. The average Bonchev–Trinajstić information content (AvgIpc) is 2.78. The zero-order valence-corrected chi connectivity index (χ0v) is 17.6. The van der Waals surface area contributed by atoms with Crippen molar-refractivity contribution in [3.63, 3.8) is 0 Å². The Morgan fingerprint density at radius 2 is 1.40 bits per heavy atom. The number of halogens is 3. The molecule has 4 rings (SSSR count). The van der Waals surface area contributed by atoms with E-state index in [-0.39, 0.29) is 11.6 Å². The standard InChI is InChI=1S/C12H13F.C6H5BFO2.C6H9Cl/c13-12-8-6-11(7-9-12)10-4-2-1-3-5-10;8-5-1-3-6(4-2-5)10-7-9;7-6-4-2-1-3-5-6/h2,4,6-10H,1,3,5H2;1-4,9H;2,4,6H,1,3,5H2/t10-;;/m1../s1. The van der Waals surface area contributed by atoms with Gasteiger partial charge in [-0.3, -0.25) is 0 Å². The van der Waals surface area contributed by atoms with E-state index in [1.54, 1.807) is 0 Å². The first-order valence-corrected chi connectivity index (χ1v) is 10.6. The predicted octanol–water partition coefficient (Wildman–Crippen LogP) is 6.71. The molecule has 1 radical (unpaired) electrons. The molecule has 159 valence electrons. The molecule has 0 fully saturated rings. The zero-order chi connectivity index (χ0) is 21.6. The lowest BCUT2D eigenvalue weighted by molar-refractivity contribution is 0.453. The summed E-state index contributed by atoms with van der Waals surface area (Å²) < 4.78 is 29.4. The molecule has 30 heavy (non-hydrogen) atoms. The summed E-state index contributed by atoms with van der Waals surface area (Å²) in [5.74, 6) is 0.437. The third kappa shape index (κ3) is 9.60. The highest BCUT2D eigenvalue weighted by Gasteiger charge is 2.10. The normalized spacial score (nSPS) is 19.6. The fourth-order valence-electron chi connectivity index (χ4n) is 3.14. The molecule has 2 aromatic carbocycles. The van der Waals surface area contributed by atoms with Crippen molar-refractivity contribution in [2.45, 2.75) is 49.8 Å². The third-order valence-corrected chi connectivity index (χ3v) is 5.11. The second kappa shape index (κ2) is 14.0. The van der Waals surface area contributed by atoms with Crippen LogP contribution in [0.5, 0.6) is 5.75 Å². The van der Waals surface area contributed by atoms with Crippen LogP contribution in [0.25, 0.3) is 0 Å². The second-order valence-electron chi connectivity index (χ2n) is 7.07. The van der Waals surface area contributed by atoms with Crippen LogP contribution in [0.15, 0.2) is 72.8 Å². The quantitative estimate of drug-likeness (QED) is 0.332. The molecule has 6 heteroatoms. The molecule has 0 bridgehead atoms. The van der Waals surface area contributed by atoms with E-state index in [0.717, 1.165) is 6.42 Å². The molecule has 2 aromatic rings. The van der Waals surface area contributed by atoms with Crippen molar-refractivity contribution in [2.24, 2.45) is 0 Å². The van der Waals surface area contributed by atoms with Crippen molar-refractivity contribution >= 4 is 19.3 Å². The molecular formula is C24H27BClF2O2. The fourth-order valence-corrected chi connectivity index (χ4v) is 3.40. The molecule has 2 aliphatic rings. The van der Waals surface area contributed by atoms with Gasteiger partial charge in [-0.15, -0.1) is 11.6 Å². The first-order valence-electron chi connectivity index (χ1n) is 10.2. The molecule has 2 atom stereocenters. The van der Waals surface area contributed by atoms with Crippen LogP contribution in [-0.4, -0.2) is 18.1 Å². The Balaban J connectivity index is 0.000000168. The van der Waals surface area contributed by atoms with Gasteiger partial charge in [0.15, 0.2) is 0 Å². The monoisotopic (exact) mass is 431 g/mol. The fraction of sp³-hybridized carbons (Fsp3) is 0.333. The van der Waals surface area contributed by atoms with E-state index in [1.165, 1.54) is 74.1 Å². The van der Waals surface area contributed by atoms with Crippen LogP contribution >= 0.6 is 11.6 Å². The first kappa shape index (κ1) is 24.2. The van der Waals surface area contributed by atoms with Crippen molar-refractivity contribution in [1.82, 2.24) is 0 Å². The predicted molar refractivity (Wildman–Crippen MR) is 120 cm³/mol. The van der Waals surface area contributed by atoms with Gasteiger partial charge >= 0.3 is 7.69 Å². The summed E-state index contributed by atoms with van der Waals surface area (Å²) in [5.41, 5.74) is 1.23. The lowest BCUT2D eigenvalue weighted by Gasteiger charge is -2.16. The average molecular weight is 432 g/mol. The van der Waals surface area contributed by atoms with Crippen molar-refractivity contribution in [3.8, 4) is 5.75 Å². The van der Waals surface area contributed by atoms with E-state index in [2.05, 4.69) is 29.0 Å². The molecule has 2 aliphatic carbocycles. The van der Waals surface area contributed by atoms with Gasteiger partial charge in [-0.1, -0.05) is 36.4 Å². The van der Waals surface area contributed by atoms with E-state index in [1.807, 2.05) is 12.1 Å². The molecule has 1 unspecified atom stereocenters. The third-order valence-electron chi connectivity index (χ3n) is 4.75. The van der Waals surface area contributed by atoms with Crippen molar-refractivity contribution in [1.29, 1.82) is 0 Å². The SMILES string of the molecule is ClC1C=CCCC1.Fc1ccc([C@@H]2C=CCCC2)cc1.O[B]Oc1ccc(F)cc1. The van der Waals surface area contributed by atoms with Crippen LogP contribution in [0, 0.1) is 11.6 Å². The lowest BCUT2D eigenvalue weighted by atomic mass is 9.89. The van der Waals surface area contributed by atoms with Gasteiger partial charge in [-0.05, 0) is 80.5 Å². The van der Waals surface area contributed by atoms with Crippen LogP contribution < -0.4 is 4.65 Å². The summed E-state index contributed by atoms with van der Waals surface area (Å²) >= 11 is 5.73. The molecule has 0 heterocycles. The Morgan fingerprint density at radius 3 is 1.83 bits per heavy atom. The molecular weight excluding hydrogens is 405 g/mol. The van der Waals surface area contributed by atoms with Crippen LogP contribution in [-0.2, 0) is 0 Å².